The summed E-state index contributed by atoms with van der Waals surface area (Å²) in [6, 6.07) is 6.39. The highest BCUT2D eigenvalue weighted by Crippen LogP contribution is 2.25. The first kappa shape index (κ1) is 13.0. The third-order valence-electron chi connectivity index (χ3n) is 2.94. The van der Waals surface area contributed by atoms with E-state index in [2.05, 4.69) is 34.0 Å². The highest BCUT2D eigenvalue weighted by Gasteiger charge is 2.15. The van der Waals surface area contributed by atoms with Crippen LogP contribution in [0.25, 0.3) is 0 Å². The SMILES string of the molecule is CNC(Cc1cc(C)ccc1OC)c1csnn1. The van der Waals surface area contributed by atoms with Crippen molar-refractivity contribution in [3.05, 3.63) is 40.4 Å². The van der Waals surface area contributed by atoms with Crippen molar-refractivity contribution < 1.29 is 4.74 Å². The van der Waals surface area contributed by atoms with Gasteiger partial charge in [0.2, 0.25) is 0 Å². The van der Waals surface area contributed by atoms with Gasteiger partial charge < -0.3 is 10.1 Å². The van der Waals surface area contributed by atoms with E-state index >= 15 is 0 Å². The highest BCUT2D eigenvalue weighted by atomic mass is 32.1. The minimum atomic E-state index is 0.166. The van der Waals surface area contributed by atoms with E-state index in [0.717, 1.165) is 17.9 Å². The lowest BCUT2D eigenvalue weighted by Crippen LogP contribution is -2.19. The third kappa shape index (κ3) is 2.86. The third-order valence-corrected chi connectivity index (χ3v) is 3.47. The number of likely N-dealkylation sites (N-methyl/N-ethyl adjacent to an activating group) is 1. The summed E-state index contributed by atoms with van der Waals surface area (Å²) in [6.07, 6.45) is 0.840. The van der Waals surface area contributed by atoms with Crippen LogP contribution in [0.5, 0.6) is 5.75 Å². The van der Waals surface area contributed by atoms with Gasteiger partial charge in [-0.15, -0.1) is 5.10 Å². The molecular formula is C13H17N3OS. The normalized spacial score (nSPS) is 12.4. The average molecular weight is 263 g/mol. The quantitative estimate of drug-likeness (QED) is 0.899. The van der Waals surface area contributed by atoms with Crippen LogP contribution in [0.15, 0.2) is 23.6 Å². The van der Waals surface area contributed by atoms with Crippen LogP contribution < -0.4 is 10.1 Å². The summed E-state index contributed by atoms with van der Waals surface area (Å²) in [5.74, 6) is 0.920. The number of hydrogen-bond acceptors (Lipinski definition) is 5. The molecule has 0 radical (unpaired) electrons. The van der Waals surface area contributed by atoms with Gasteiger partial charge in [0, 0.05) is 5.38 Å². The van der Waals surface area contributed by atoms with E-state index in [1.807, 2.05) is 18.5 Å². The smallest absolute Gasteiger partial charge is 0.122 e. The monoisotopic (exact) mass is 263 g/mol. The van der Waals surface area contributed by atoms with E-state index in [9.17, 15) is 0 Å². The van der Waals surface area contributed by atoms with Crippen molar-refractivity contribution in [2.24, 2.45) is 0 Å². The Morgan fingerprint density at radius 3 is 2.89 bits per heavy atom. The first-order valence-corrected chi connectivity index (χ1v) is 6.66. The zero-order valence-corrected chi connectivity index (χ0v) is 11.6. The van der Waals surface area contributed by atoms with Gasteiger partial charge in [-0.3, -0.25) is 0 Å². The number of hydrogen-bond donors (Lipinski definition) is 1. The van der Waals surface area contributed by atoms with Gasteiger partial charge in [-0.25, -0.2) is 0 Å². The molecule has 2 aromatic rings. The molecule has 0 saturated carbocycles. The minimum absolute atomic E-state index is 0.166. The minimum Gasteiger partial charge on any atom is -0.496 e. The standard InChI is InChI=1S/C13H17N3OS/c1-9-4-5-13(17-3)10(6-9)7-11(14-2)12-8-18-16-15-12/h4-6,8,11,14H,7H2,1-3H3. The summed E-state index contributed by atoms with van der Waals surface area (Å²) < 4.78 is 9.32. The number of nitrogens with one attached hydrogen (secondary N) is 1. The second-order valence-electron chi connectivity index (χ2n) is 4.19. The maximum Gasteiger partial charge on any atom is 0.122 e. The first-order valence-electron chi connectivity index (χ1n) is 5.82. The van der Waals surface area contributed by atoms with E-state index in [-0.39, 0.29) is 6.04 Å². The van der Waals surface area contributed by atoms with Crippen LogP contribution in [0.3, 0.4) is 0 Å². The Bertz CT molecular complexity index is 499. The van der Waals surface area contributed by atoms with Gasteiger partial charge in [-0.2, -0.15) is 0 Å². The molecule has 0 aliphatic rings. The Kier molecular flexibility index (Phi) is 4.28. The summed E-state index contributed by atoms with van der Waals surface area (Å²) in [5.41, 5.74) is 3.40. The van der Waals surface area contributed by atoms with Crippen LogP contribution in [0.4, 0.5) is 0 Å². The van der Waals surface area contributed by atoms with E-state index in [1.165, 1.54) is 22.7 Å². The molecule has 96 valence electrons. The number of nitrogens with zero attached hydrogens (tertiary/aromatic N) is 2. The maximum atomic E-state index is 5.40. The molecule has 1 aromatic heterocycles. The molecule has 5 heteroatoms. The van der Waals surface area contributed by atoms with Crippen LogP contribution in [-0.2, 0) is 6.42 Å². The van der Waals surface area contributed by atoms with E-state index in [4.69, 9.17) is 4.74 Å². The van der Waals surface area contributed by atoms with Crippen LogP contribution >= 0.6 is 11.5 Å². The number of benzene rings is 1. The molecule has 0 fully saturated rings. The predicted octanol–water partition coefficient (Wildman–Crippen LogP) is 2.36. The second-order valence-corrected chi connectivity index (χ2v) is 4.80. The molecule has 18 heavy (non-hydrogen) atoms. The average Bonchev–Trinajstić information content (AvgIpc) is 2.90. The summed E-state index contributed by atoms with van der Waals surface area (Å²) in [4.78, 5) is 0. The van der Waals surface area contributed by atoms with E-state index in [1.54, 1.807) is 7.11 Å². The Labute approximate surface area is 111 Å². The fourth-order valence-electron chi connectivity index (χ4n) is 1.96. The van der Waals surface area contributed by atoms with Crippen LogP contribution in [0, 0.1) is 6.92 Å². The van der Waals surface area contributed by atoms with Gasteiger partial charge in [0.25, 0.3) is 0 Å². The topological polar surface area (TPSA) is 47.0 Å². The second kappa shape index (κ2) is 5.93. The maximum absolute atomic E-state index is 5.40. The summed E-state index contributed by atoms with van der Waals surface area (Å²) in [7, 11) is 3.64. The van der Waals surface area contributed by atoms with Crippen molar-refractivity contribution in [1.29, 1.82) is 0 Å². The Morgan fingerprint density at radius 2 is 2.28 bits per heavy atom. The molecule has 0 saturated heterocycles. The van der Waals surface area contributed by atoms with Crippen molar-refractivity contribution in [2.45, 2.75) is 19.4 Å². The summed E-state index contributed by atoms with van der Waals surface area (Å²) in [6.45, 7) is 2.09. The Hall–Kier alpha value is -1.46. The molecule has 0 amide bonds. The number of aromatic nitrogens is 2. The van der Waals surface area contributed by atoms with Gasteiger partial charge in [0.05, 0.1) is 18.8 Å². The molecule has 0 aliphatic carbocycles. The molecule has 1 aromatic carbocycles. The Balaban J connectivity index is 2.24. The van der Waals surface area contributed by atoms with Crippen molar-refractivity contribution in [3.8, 4) is 5.75 Å². The van der Waals surface area contributed by atoms with Crippen LogP contribution in [0.1, 0.15) is 22.9 Å². The molecule has 1 unspecified atom stereocenters. The Morgan fingerprint density at radius 1 is 1.44 bits per heavy atom. The van der Waals surface area contributed by atoms with Crippen molar-refractivity contribution in [1.82, 2.24) is 14.9 Å². The predicted molar refractivity (Wildman–Crippen MR) is 73.1 cm³/mol. The molecule has 1 heterocycles. The number of rotatable bonds is 5. The largest absolute Gasteiger partial charge is 0.496 e. The molecule has 0 spiro atoms. The van der Waals surface area contributed by atoms with Gasteiger partial charge >= 0.3 is 0 Å². The van der Waals surface area contributed by atoms with Crippen molar-refractivity contribution >= 4 is 11.5 Å². The molecule has 4 nitrogen and oxygen atoms in total. The lowest BCUT2D eigenvalue weighted by Gasteiger charge is -2.16. The van der Waals surface area contributed by atoms with Gasteiger partial charge in [0.1, 0.15) is 5.75 Å². The zero-order valence-electron chi connectivity index (χ0n) is 10.8. The molecule has 0 aliphatic heterocycles. The molecule has 0 bridgehead atoms. The lowest BCUT2D eigenvalue weighted by atomic mass is 10.0. The number of methoxy groups -OCH3 is 1. The zero-order chi connectivity index (χ0) is 13.0. The van der Waals surface area contributed by atoms with Gasteiger partial charge in [-0.05, 0) is 43.6 Å². The number of ether oxygens (including phenoxy) is 1. The lowest BCUT2D eigenvalue weighted by molar-refractivity contribution is 0.406. The summed E-state index contributed by atoms with van der Waals surface area (Å²) >= 11 is 1.37. The fourth-order valence-corrected chi connectivity index (χ4v) is 2.47. The fraction of sp³-hybridized carbons (Fsp3) is 0.385. The summed E-state index contributed by atoms with van der Waals surface area (Å²) in [5, 5.41) is 9.37. The van der Waals surface area contributed by atoms with Crippen molar-refractivity contribution in [2.75, 3.05) is 14.2 Å². The molecule has 1 N–H and O–H groups in total. The number of aryl methyl sites for hydroxylation is 1. The molecular weight excluding hydrogens is 246 g/mol. The van der Waals surface area contributed by atoms with Crippen LogP contribution in [0.2, 0.25) is 0 Å². The van der Waals surface area contributed by atoms with Gasteiger partial charge in [0.15, 0.2) is 0 Å². The van der Waals surface area contributed by atoms with E-state index in [0.29, 0.717) is 0 Å². The molecule has 1 atom stereocenters. The van der Waals surface area contributed by atoms with Crippen LogP contribution in [-0.4, -0.2) is 23.7 Å². The van der Waals surface area contributed by atoms with Crippen molar-refractivity contribution in [3.63, 3.8) is 0 Å². The highest BCUT2D eigenvalue weighted by molar-refractivity contribution is 7.03. The van der Waals surface area contributed by atoms with E-state index < -0.39 is 0 Å². The molecule has 2 rings (SSSR count). The first-order chi connectivity index (χ1) is 8.74. The van der Waals surface area contributed by atoms with Gasteiger partial charge in [-0.1, -0.05) is 22.2 Å².